The van der Waals surface area contributed by atoms with Gasteiger partial charge in [0.2, 0.25) is 0 Å². The summed E-state index contributed by atoms with van der Waals surface area (Å²) >= 11 is 0. The highest BCUT2D eigenvalue weighted by Crippen LogP contribution is 2.39. The lowest BCUT2D eigenvalue weighted by atomic mass is 9.70. The number of aryl methyl sites for hydroxylation is 1. The van der Waals surface area contributed by atoms with Crippen molar-refractivity contribution in [1.29, 1.82) is 0 Å². The van der Waals surface area contributed by atoms with E-state index in [9.17, 15) is 0 Å². The lowest BCUT2D eigenvalue weighted by Crippen LogP contribution is -2.31. The summed E-state index contributed by atoms with van der Waals surface area (Å²) in [6, 6.07) is 9.33. The van der Waals surface area contributed by atoms with Crippen molar-refractivity contribution in [2.24, 2.45) is 17.3 Å². The van der Waals surface area contributed by atoms with E-state index in [1.165, 1.54) is 43.4 Å². The van der Waals surface area contributed by atoms with Crippen LogP contribution in [0.15, 0.2) is 24.3 Å². The van der Waals surface area contributed by atoms with Crippen LogP contribution in [0.5, 0.6) is 0 Å². The van der Waals surface area contributed by atoms with Crippen molar-refractivity contribution in [2.45, 2.75) is 66.3 Å². The van der Waals surface area contributed by atoms with Crippen LogP contribution in [0, 0.1) is 24.2 Å². The number of nitrogens with one attached hydrogen (secondary N) is 1. The van der Waals surface area contributed by atoms with Crippen molar-refractivity contribution < 1.29 is 0 Å². The highest BCUT2D eigenvalue weighted by Gasteiger charge is 2.29. The van der Waals surface area contributed by atoms with Gasteiger partial charge in [0.1, 0.15) is 0 Å². The number of hydrogen-bond donors (Lipinski definition) is 1. The van der Waals surface area contributed by atoms with E-state index in [2.05, 4.69) is 64.2 Å². The first-order valence-corrected chi connectivity index (χ1v) is 8.66. The summed E-state index contributed by atoms with van der Waals surface area (Å²) in [6.45, 7) is 12.8. The van der Waals surface area contributed by atoms with E-state index in [0.29, 0.717) is 11.5 Å². The van der Waals surface area contributed by atoms with Gasteiger partial charge in [0.15, 0.2) is 0 Å². The molecule has 0 spiro atoms. The number of hydrogen-bond acceptors (Lipinski definition) is 1. The Morgan fingerprint density at radius 2 is 1.81 bits per heavy atom. The second-order valence-electron chi connectivity index (χ2n) is 8.13. The first-order chi connectivity index (χ1) is 9.86. The second kappa shape index (κ2) is 6.96. The third-order valence-corrected chi connectivity index (χ3v) is 5.33. The monoisotopic (exact) mass is 287 g/mol. The zero-order chi connectivity index (χ0) is 15.5. The van der Waals surface area contributed by atoms with Crippen molar-refractivity contribution >= 4 is 0 Å². The molecule has 0 aromatic heterocycles. The fourth-order valence-corrected chi connectivity index (χ4v) is 3.63. The minimum atomic E-state index is 0.463. The minimum Gasteiger partial charge on any atom is -0.310 e. The molecule has 2 rings (SSSR count). The Hall–Kier alpha value is -0.820. The van der Waals surface area contributed by atoms with Gasteiger partial charge in [-0.3, -0.25) is 0 Å². The van der Waals surface area contributed by atoms with Crippen molar-refractivity contribution in [3.8, 4) is 0 Å². The van der Waals surface area contributed by atoms with E-state index in [4.69, 9.17) is 0 Å². The van der Waals surface area contributed by atoms with Crippen LogP contribution in [0.4, 0.5) is 0 Å². The lowest BCUT2D eigenvalue weighted by Gasteiger charge is -2.37. The molecule has 0 aliphatic heterocycles. The molecule has 0 amide bonds. The van der Waals surface area contributed by atoms with Crippen LogP contribution < -0.4 is 5.32 Å². The van der Waals surface area contributed by atoms with Crippen LogP contribution in [0.3, 0.4) is 0 Å². The third kappa shape index (κ3) is 4.85. The number of benzene rings is 1. The molecule has 0 heterocycles. The molecule has 1 aliphatic carbocycles. The van der Waals surface area contributed by atoms with E-state index >= 15 is 0 Å². The molecule has 0 bridgehead atoms. The van der Waals surface area contributed by atoms with E-state index in [0.717, 1.165) is 11.8 Å². The SMILES string of the molecule is Cc1cccc([C@H](C)NCC2CCC(C(C)(C)C)CC2)c1. The van der Waals surface area contributed by atoms with Crippen LogP contribution in [-0.2, 0) is 0 Å². The summed E-state index contributed by atoms with van der Waals surface area (Å²) in [5.74, 6) is 1.79. The van der Waals surface area contributed by atoms with Gasteiger partial charge < -0.3 is 5.32 Å². The van der Waals surface area contributed by atoms with Crippen molar-refractivity contribution in [2.75, 3.05) is 6.54 Å². The van der Waals surface area contributed by atoms with Gasteiger partial charge in [-0.15, -0.1) is 0 Å². The summed E-state index contributed by atoms with van der Waals surface area (Å²) in [7, 11) is 0. The fourth-order valence-electron chi connectivity index (χ4n) is 3.63. The molecular weight excluding hydrogens is 254 g/mol. The Balaban J connectivity index is 1.77. The molecule has 0 saturated heterocycles. The molecule has 0 radical (unpaired) electrons. The third-order valence-electron chi connectivity index (χ3n) is 5.33. The summed E-state index contributed by atoms with van der Waals surface area (Å²) in [5, 5.41) is 3.75. The molecular formula is C20H33N. The molecule has 0 unspecified atom stereocenters. The Labute approximate surface area is 131 Å². The Morgan fingerprint density at radius 3 is 2.38 bits per heavy atom. The van der Waals surface area contributed by atoms with Crippen LogP contribution in [0.1, 0.15) is 70.5 Å². The van der Waals surface area contributed by atoms with Crippen LogP contribution in [-0.4, -0.2) is 6.54 Å². The predicted molar refractivity (Wildman–Crippen MR) is 92.5 cm³/mol. The van der Waals surface area contributed by atoms with E-state index in [-0.39, 0.29) is 0 Å². The topological polar surface area (TPSA) is 12.0 Å². The van der Waals surface area contributed by atoms with Gasteiger partial charge in [-0.1, -0.05) is 50.6 Å². The van der Waals surface area contributed by atoms with Crippen LogP contribution in [0.25, 0.3) is 0 Å². The van der Waals surface area contributed by atoms with Gasteiger partial charge in [-0.2, -0.15) is 0 Å². The molecule has 21 heavy (non-hydrogen) atoms. The average molecular weight is 287 g/mol. The van der Waals surface area contributed by atoms with Gasteiger partial charge in [-0.25, -0.2) is 0 Å². The van der Waals surface area contributed by atoms with Gasteiger partial charge in [0.05, 0.1) is 0 Å². The maximum absolute atomic E-state index is 3.75. The highest BCUT2D eigenvalue weighted by molar-refractivity contribution is 5.24. The molecule has 1 aliphatic rings. The molecule has 1 aromatic carbocycles. The number of rotatable bonds is 4. The Bertz CT molecular complexity index is 435. The minimum absolute atomic E-state index is 0.463. The molecule has 1 nitrogen and oxygen atoms in total. The summed E-state index contributed by atoms with van der Waals surface area (Å²) in [6.07, 6.45) is 5.62. The van der Waals surface area contributed by atoms with Gasteiger partial charge in [0, 0.05) is 6.04 Å². The predicted octanol–water partition coefficient (Wildman–Crippen LogP) is 5.50. The highest BCUT2D eigenvalue weighted by atomic mass is 14.9. The Kier molecular flexibility index (Phi) is 5.48. The maximum Gasteiger partial charge on any atom is 0.0292 e. The first-order valence-electron chi connectivity index (χ1n) is 8.66. The van der Waals surface area contributed by atoms with Crippen LogP contribution >= 0.6 is 0 Å². The summed E-state index contributed by atoms with van der Waals surface area (Å²) in [5.41, 5.74) is 3.26. The van der Waals surface area contributed by atoms with Gasteiger partial charge in [-0.05, 0) is 68.9 Å². The standard InChI is InChI=1S/C20H33N/c1-15-7-6-8-18(13-15)16(2)21-14-17-9-11-19(12-10-17)20(3,4)5/h6-8,13,16-17,19,21H,9-12,14H2,1-5H3/t16-,17?,19?/m0/s1. The molecule has 1 aromatic rings. The zero-order valence-electron chi connectivity index (χ0n) is 14.6. The van der Waals surface area contributed by atoms with Gasteiger partial charge >= 0.3 is 0 Å². The van der Waals surface area contributed by atoms with E-state index < -0.39 is 0 Å². The van der Waals surface area contributed by atoms with E-state index in [1.807, 2.05) is 0 Å². The van der Waals surface area contributed by atoms with Crippen LogP contribution in [0.2, 0.25) is 0 Å². The zero-order valence-corrected chi connectivity index (χ0v) is 14.6. The summed E-state index contributed by atoms with van der Waals surface area (Å²) in [4.78, 5) is 0. The molecule has 1 fully saturated rings. The molecule has 1 atom stereocenters. The smallest absolute Gasteiger partial charge is 0.0292 e. The largest absolute Gasteiger partial charge is 0.310 e. The maximum atomic E-state index is 3.75. The summed E-state index contributed by atoms with van der Waals surface area (Å²) < 4.78 is 0. The van der Waals surface area contributed by atoms with Crippen molar-refractivity contribution in [3.63, 3.8) is 0 Å². The van der Waals surface area contributed by atoms with Crippen molar-refractivity contribution in [3.05, 3.63) is 35.4 Å². The molecule has 1 heteroatoms. The second-order valence-corrected chi connectivity index (χ2v) is 8.13. The molecule has 1 saturated carbocycles. The fraction of sp³-hybridized carbons (Fsp3) is 0.700. The quantitative estimate of drug-likeness (QED) is 0.771. The van der Waals surface area contributed by atoms with Gasteiger partial charge in [0.25, 0.3) is 0 Å². The Morgan fingerprint density at radius 1 is 1.14 bits per heavy atom. The normalized spacial score (nSPS) is 24.8. The first kappa shape index (κ1) is 16.5. The average Bonchev–Trinajstić information content (AvgIpc) is 2.44. The van der Waals surface area contributed by atoms with E-state index in [1.54, 1.807) is 0 Å². The van der Waals surface area contributed by atoms with Crippen molar-refractivity contribution in [1.82, 2.24) is 5.32 Å². The molecule has 1 N–H and O–H groups in total. The lowest BCUT2D eigenvalue weighted by molar-refractivity contribution is 0.148. The molecule has 118 valence electrons.